The highest BCUT2D eigenvalue weighted by molar-refractivity contribution is 6.31. The SMILES string of the molecule is Cc1ccc(NC(=O)CCN2C(=O)[C@@H]3[C@@H]4C=C[C@H]([C@H]5C[C@H]45)[C@@H]3C2=O)cc1Cl. The van der Waals surface area contributed by atoms with Crippen molar-refractivity contribution in [1.82, 2.24) is 4.90 Å². The number of aryl methyl sites for hydroxylation is 1. The van der Waals surface area contributed by atoms with Gasteiger partial charge in [0.2, 0.25) is 17.7 Å². The van der Waals surface area contributed by atoms with Crippen LogP contribution in [-0.4, -0.2) is 29.2 Å². The summed E-state index contributed by atoms with van der Waals surface area (Å²) < 4.78 is 0. The fraction of sp³-hybridized carbons (Fsp3) is 0.476. The number of nitrogens with one attached hydrogen (secondary N) is 1. The number of carbonyl (C=O) groups is 3. The summed E-state index contributed by atoms with van der Waals surface area (Å²) in [6, 6.07) is 5.32. The van der Waals surface area contributed by atoms with E-state index in [0.717, 1.165) is 12.0 Å². The first kappa shape index (κ1) is 17.0. The molecule has 1 heterocycles. The van der Waals surface area contributed by atoms with Crippen molar-refractivity contribution in [2.24, 2.45) is 35.5 Å². The maximum atomic E-state index is 12.9. The molecule has 1 N–H and O–H groups in total. The maximum Gasteiger partial charge on any atom is 0.233 e. The van der Waals surface area contributed by atoms with Gasteiger partial charge >= 0.3 is 0 Å². The molecular weight excluding hydrogens is 364 g/mol. The fourth-order valence-corrected chi connectivity index (χ4v) is 5.53. The maximum absolute atomic E-state index is 12.9. The molecule has 6 rings (SSSR count). The number of rotatable bonds is 4. The lowest BCUT2D eigenvalue weighted by Gasteiger charge is -2.37. The van der Waals surface area contributed by atoms with Crippen LogP contribution >= 0.6 is 11.6 Å². The van der Waals surface area contributed by atoms with Crippen molar-refractivity contribution in [2.45, 2.75) is 19.8 Å². The standard InChI is InChI=1S/C21H21ClN2O3/c1-10-2-3-11(8-16(10)22)23-17(25)6-7-24-20(26)18-12-4-5-13(15-9-14(12)15)19(18)21(24)27/h2-5,8,12-15,18-19H,6-7,9H2,1H3,(H,23,25)/t12-,13-,14-,15-,18-,19+/m1/s1. The van der Waals surface area contributed by atoms with Crippen LogP contribution in [0.4, 0.5) is 5.69 Å². The number of allylic oxidation sites excluding steroid dienone is 2. The van der Waals surface area contributed by atoms with Crippen LogP contribution in [0.3, 0.4) is 0 Å². The summed E-state index contributed by atoms with van der Waals surface area (Å²) in [7, 11) is 0. The van der Waals surface area contributed by atoms with Crippen molar-refractivity contribution in [3.63, 3.8) is 0 Å². The zero-order chi connectivity index (χ0) is 18.9. The van der Waals surface area contributed by atoms with Gasteiger partial charge in [0.25, 0.3) is 0 Å². The third kappa shape index (κ3) is 2.55. The molecule has 2 bridgehead atoms. The first-order valence-corrected chi connectivity index (χ1v) is 9.93. The Morgan fingerprint density at radius 2 is 1.78 bits per heavy atom. The largest absolute Gasteiger partial charge is 0.326 e. The minimum absolute atomic E-state index is 0.0825. The van der Waals surface area contributed by atoms with Crippen molar-refractivity contribution < 1.29 is 14.4 Å². The smallest absolute Gasteiger partial charge is 0.233 e. The second-order valence-electron chi connectivity index (χ2n) is 8.24. The molecule has 1 aliphatic heterocycles. The van der Waals surface area contributed by atoms with Gasteiger partial charge in [-0.1, -0.05) is 29.8 Å². The third-order valence-electron chi connectivity index (χ3n) is 6.77. The van der Waals surface area contributed by atoms with Gasteiger partial charge in [-0.05, 0) is 54.7 Å². The van der Waals surface area contributed by atoms with Crippen LogP contribution in [-0.2, 0) is 14.4 Å². The molecule has 140 valence electrons. The Balaban J connectivity index is 1.24. The highest BCUT2D eigenvalue weighted by Gasteiger charge is 2.66. The Kier molecular flexibility index (Phi) is 3.73. The lowest BCUT2D eigenvalue weighted by Crippen LogP contribution is -2.40. The lowest BCUT2D eigenvalue weighted by molar-refractivity contribution is -0.140. The summed E-state index contributed by atoms with van der Waals surface area (Å²) in [4.78, 5) is 39.4. The highest BCUT2D eigenvalue weighted by Crippen LogP contribution is 2.65. The summed E-state index contributed by atoms with van der Waals surface area (Å²) in [6.07, 6.45) is 5.56. The van der Waals surface area contributed by atoms with Crippen LogP contribution in [0.2, 0.25) is 5.02 Å². The average Bonchev–Trinajstić information content (AvgIpc) is 3.42. The molecule has 0 radical (unpaired) electrons. The summed E-state index contributed by atoms with van der Waals surface area (Å²) in [5.74, 6) is 0.826. The molecule has 0 spiro atoms. The van der Waals surface area contributed by atoms with Crippen molar-refractivity contribution in [1.29, 1.82) is 0 Å². The highest BCUT2D eigenvalue weighted by atomic mass is 35.5. The van der Waals surface area contributed by atoms with Crippen LogP contribution in [0.1, 0.15) is 18.4 Å². The second kappa shape index (κ2) is 5.93. The molecule has 5 aliphatic rings. The van der Waals surface area contributed by atoms with Gasteiger partial charge in [-0.25, -0.2) is 0 Å². The van der Waals surface area contributed by atoms with Gasteiger partial charge in [0.1, 0.15) is 0 Å². The van der Waals surface area contributed by atoms with Gasteiger partial charge in [0, 0.05) is 23.7 Å². The van der Waals surface area contributed by atoms with Gasteiger partial charge in [-0.3, -0.25) is 19.3 Å². The molecule has 0 aromatic heterocycles. The van der Waals surface area contributed by atoms with Crippen molar-refractivity contribution >= 4 is 35.0 Å². The molecular formula is C21H21ClN2O3. The van der Waals surface area contributed by atoms with Crippen LogP contribution in [0, 0.1) is 42.4 Å². The number of carbonyl (C=O) groups excluding carboxylic acids is 3. The molecule has 1 saturated heterocycles. The summed E-state index contributed by atoms with van der Waals surface area (Å²) in [6.45, 7) is 2.04. The molecule has 4 aliphatic carbocycles. The normalized spacial score (nSPS) is 35.3. The van der Waals surface area contributed by atoms with E-state index in [-0.39, 0.29) is 54.4 Å². The number of hydrogen-bond acceptors (Lipinski definition) is 3. The molecule has 0 unspecified atom stereocenters. The topological polar surface area (TPSA) is 66.5 Å². The van der Waals surface area contributed by atoms with Gasteiger partial charge in [-0.15, -0.1) is 0 Å². The minimum atomic E-state index is -0.227. The summed E-state index contributed by atoms with van der Waals surface area (Å²) >= 11 is 6.08. The van der Waals surface area contributed by atoms with Gasteiger partial charge in [0.05, 0.1) is 11.8 Å². The van der Waals surface area contributed by atoms with Crippen molar-refractivity contribution in [3.8, 4) is 0 Å². The Hall–Kier alpha value is -2.14. The number of likely N-dealkylation sites (tertiary alicyclic amines) is 1. The Bertz CT molecular complexity index is 859. The number of halogens is 1. The van der Waals surface area contributed by atoms with E-state index in [1.807, 2.05) is 13.0 Å². The Morgan fingerprint density at radius 3 is 2.37 bits per heavy atom. The Morgan fingerprint density at radius 1 is 1.15 bits per heavy atom. The first-order valence-electron chi connectivity index (χ1n) is 9.55. The van der Waals surface area contributed by atoms with Crippen molar-refractivity contribution in [2.75, 3.05) is 11.9 Å². The predicted molar refractivity (Wildman–Crippen MR) is 101 cm³/mol. The second-order valence-corrected chi connectivity index (χ2v) is 8.65. The number of amides is 3. The van der Waals surface area contributed by atoms with E-state index in [4.69, 9.17) is 11.6 Å². The van der Waals surface area contributed by atoms with Gasteiger partial charge in [-0.2, -0.15) is 0 Å². The van der Waals surface area contributed by atoms with Crippen LogP contribution in [0.5, 0.6) is 0 Å². The van der Waals surface area contributed by atoms with Crippen LogP contribution in [0.25, 0.3) is 0 Å². The molecule has 1 aromatic rings. The van der Waals surface area contributed by atoms with E-state index in [0.29, 0.717) is 22.5 Å². The quantitative estimate of drug-likeness (QED) is 0.641. The van der Waals surface area contributed by atoms with Crippen LogP contribution in [0.15, 0.2) is 30.4 Å². The fourth-order valence-electron chi connectivity index (χ4n) is 5.35. The van der Waals surface area contributed by atoms with E-state index >= 15 is 0 Å². The third-order valence-corrected chi connectivity index (χ3v) is 7.18. The molecule has 1 aromatic carbocycles. The predicted octanol–water partition coefficient (Wildman–Crippen LogP) is 3.03. The number of nitrogens with zero attached hydrogens (tertiary/aromatic N) is 1. The lowest BCUT2D eigenvalue weighted by atomic mass is 9.63. The average molecular weight is 385 g/mol. The first-order chi connectivity index (χ1) is 13.0. The molecule has 3 fully saturated rings. The molecule has 5 nitrogen and oxygen atoms in total. The van der Waals surface area contributed by atoms with E-state index < -0.39 is 0 Å². The zero-order valence-corrected chi connectivity index (χ0v) is 15.8. The van der Waals surface area contributed by atoms with Gasteiger partial charge in [0.15, 0.2) is 0 Å². The molecule has 27 heavy (non-hydrogen) atoms. The monoisotopic (exact) mass is 384 g/mol. The number of hydrogen-bond donors (Lipinski definition) is 1. The number of anilines is 1. The van der Waals surface area contributed by atoms with Crippen LogP contribution < -0.4 is 5.32 Å². The zero-order valence-electron chi connectivity index (χ0n) is 15.0. The summed E-state index contributed by atoms with van der Waals surface area (Å²) in [5.41, 5.74) is 1.55. The number of imide groups is 1. The minimum Gasteiger partial charge on any atom is -0.326 e. The van der Waals surface area contributed by atoms with E-state index in [9.17, 15) is 14.4 Å². The molecule has 2 saturated carbocycles. The summed E-state index contributed by atoms with van der Waals surface area (Å²) in [5, 5.41) is 3.37. The molecule has 6 atom stereocenters. The number of benzene rings is 1. The van der Waals surface area contributed by atoms with E-state index in [1.165, 1.54) is 4.90 Å². The molecule has 6 heteroatoms. The van der Waals surface area contributed by atoms with Gasteiger partial charge < -0.3 is 5.32 Å². The van der Waals surface area contributed by atoms with Crippen molar-refractivity contribution in [3.05, 3.63) is 40.9 Å². The van der Waals surface area contributed by atoms with E-state index in [2.05, 4.69) is 17.5 Å². The Labute approximate surface area is 162 Å². The molecule has 3 amide bonds. The van der Waals surface area contributed by atoms with E-state index in [1.54, 1.807) is 12.1 Å².